The molecule has 80 valence electrons. The summed E-state index contributed by atoms with van der Waals surface area (Å²) in [6, 6.07) is 0.350. The summed E-state index contributed by atoms with van der Waals surface area (Å²) in [5.41, 5.74) is 6.69. The molecule has 4 heteroatoms. The van der Waals surface area contributed by atoms with Crippen LogP contribution in [0, 0.1) is 5.92 Å². The van der Waals surface area contributed by atoms with Gasteiger partial charge in [-0.2, -0.15) is 5.10 Å². The highest BCUT2D eigenvalue weighted by Gasteiger charge is 2.13. The quantitative estimate of drug-likeness (QED) is 0.838. The minimum atomic E-state index is 0.350. The number of nitrogens with two attached hydrogens (primary N) is 1. The van der Waals surface area contributed by atoms with E-state index >= 15 is 0 Å². The van der Waals surface area contributed by atoms with Gasteiger partial charge in [-0.15, -0.1) is 0 Å². The van der Waals surface area contributed by atoms with Crippen LogP contribution in [0.5, 0.6) is 0 Å². The molecule has 0 bridgehead atoms. The molecule has 0 aliphatic rings. The van der Waals surface area contributed by atoms with E-state index < -0.39 is 0 Å². The fraction of sp³-hybridized carbons (Fsp3) is 0.700. The maximum atomic E-state index is 6.07. The van der Waals surface area contributed by atoms with Gasteiger partial charge in [0.15, 0.2) is 0 Å². The first-order chi connectivity index (χ1) is 6.56. The Bertz CT molecular complexity index is 294. The first-order valence-electron chi connectivity index (χ1n) is 4.98. The molecule has 0 saturated carbocycles. The molecule has 0 aliphatic heterocycles. The fourth-order valence-electron chi connectivity index (χ4n) is 1.42. The number of hydrogen-bond acceptors (Lipinski definition) is 2. The molecule has 1 atom stereocenters. The van der Waals surface area contributed by atoms with Crippen molar-refractivity contribution in [3.63, 3.8) is 0 Å². The zero-order valence-corrected chi connectivity index (χ0v) is 9.75. The second-order valence-electron chi connectivity index (χ2n) is 4.02. The number of halogens is 1. The minimum absolute atomic E-state index is 0.350. The van der Waals surface area contributed by atoms with Crippen molar-refractivity contribution in [2.75, 3.05) is 6.54 Å². The lowest BCUT2D eigenvalue weighted by atomic mass is 10.1. The Morgan fingerprint density at radius 1 is 1.50 bits per heavy atom. The van der Waals surface area contributed by atoms with Gasteiger partial charge < -0.3 is 5.73 Å². The van der Waals surface area contributed by atoms with Crippen molar-refractivity contribution in [2.24, 2.45) is 11.7 Å². The molecule has 1 aromatic heterocycles. The van der Waals surface area contributed by atoms with E-state index in [9.17, 15) is 0 Å². The smallest absolute Gasteiger partial charge is 0.0818 e. The van der Waals surface area contributed by atoms with Crippen molar-refractivity contribution in [3.05, 3.63) is 16.9 Å². The van der Waals surface area contributed by atoms with Crippen molar-refractivity contribution >= 4 is 11.6 Å². The molecule has 0 fully saturated rings. The van der Waals surface area contributed by atoms with Crippen LogP contribution in [0.4, 0.5) is 0 Å². The van der Waals surface area contributed by atoms with Gasteiger partial charge in [0.2, 0.25) is 0 Å². The van der Waals surface area contributed by atoms with Gasteiger partial charge in [-0.25, -0.2) is 0 Å². The largest absolute Gasteiger partial charge is 0.330 e. The molecule has 1 unspecified atom stereocenters. The van der Waals surface area contributed by atoms with Gasteiger partial charge >= 0.3 is 0 Å². The predicted octanol–water partition coefficient (Wildman–Crippen LogP) is 2.25. The topological polar surface area (TPSA) is 43.8 Å². The summed E-state index contributed by atoms with van der Waals surface area (Å²) >= 11 is 6.07. The molecule has 14 heavy (non-hydrogen) atoms. The maximum absolute atomic E-state index is 6.07. The summed E-state index contributed by atoms with van der Waals surface area (Å²) in [5.74, 6) is 0.446. The third kappa shape index (κ3) is 2.49. The van der Waals surface area contributed by atoms with Crippen LogP contribution in [0.1, 0.15) is 32.5 Å². The van der Waals surface area contributed by atoms with Crippen molar-refractivity contribution in [2.45, 2.75) is 33.2 Å². The van der Waals surface area contributed by atoms with Gasteiger partial charge in [-0.3, -0.25) is 4.68 Å². The average Bonchev–Trinajstić information content (AvgIpc) is 2.48. The summed E-state index contributed by atoms with van der Waals surface area (Å²) in [7, 11) is 0. The zero-order chi connectivity index (χ0) is 10.7. The lowest BCUT2D eigenvalue weighted by molar-refractivity contribution is 0.480. The molecule has 0 aromatic carbocycles. The first-order valence-corrected chi connectivity index (χ1v) is 5.36. The summed E-state index contributed by atoms with van der Waals surface area (Å²) in [5, 5.41) is 5.00. The normalized spacial score (nSPS) is 13.6. The van der Waals surface area contributed by atoms with Crippen LogP contribution >= 0.6 is 11.6 Å². The molecular formula is C10H18ClN3. The lowest BCUT2D eigenvalue weighted by Crippen LogP contribution is -2.17. The predicted molar refractivity (Wildman–Crippen MR) is 59.5 cm³/mol. The summed E-state index contributed by atoms with van der Waals surface area (Å²) < 4.78 is 1.97. The molecule has 1 aromatic rings. The van der Waals surface area contributed by atoms with Crippen LogP contribution in [-0.4, -0.2) is 16.3 Å². The van der Waals surface area contributed by atoms with Crippen LogP contribution in [0.25, 0.3) is 0 Å². The highest BCUT2D eigenvalue weighted by molar-refractivity contribution is 6.31. The van der Waals surface area contributed by atoms with E-state index in [0.29, 0.717) is 18.5 Å². The number of rotatable bonds is 4. The van der Waals surface area contributed by atoms with Crippen molar-refractivity contribution in [1.29, 1.82) is 0 Å². The van der Waals surface area contributed by atoms with Gasteiger partial charge in [0, 0.05) is 6.04 Å². The Hall–Kier alpha value is -0.540. The van der Waals surface area contributed by atoms with E-state index in [0.717, 1.165) is 17.1 Å². The average molecular weight is 216 g/mol. The Labute approximate surface area is 90.2 Å². The zero-order valence-electron chi connectivity index (χ0n) is 9.00. The molecule has 0 radical (unpaired) electrons. The van der Waals surface area contributed by atoms with E-state index in [1.165, 1.54) is 0 Å². The molecule has 3 nitrogen and oxygen atoms in total. The summed E-state index contributed by atoms with van der Waals surface area (Å²) in [6.07, 6.45) is 2.60. The van der Waals surface area contributed by atoms with E-state index in [4.69, 9.17) is 17.3 Å². The van der Waals surface area contributed by atoms with Gasteiger partial charge in [0.05, 0.1) is 16.9 Å². The van der Waals surface area contributed by atoms with Crippen LogP contribution in [0.15, 0.2) is 6.20 Å². The van der Waals surface area contributed by atoms with Crippen LogP contribution < -0.4 is 5.73 Å². The second-order valence-corrected chi connectivity index (χ2v) is 4.43. The van der Waals surface area contributed by atoms with Crippen LogP contribution in [0.2, 0.25) is 5.02 Å². The third-order valence-corrected chi connectivity index (χ3v) is 2.60. The van der Waals surface area contributed by atoms with Crippen LogP contribution in [-0.2, 0) is 6.42 Å². The third-order valence-electron chi connectivity index (χ3n) is 2.28. The molecule has 0 saturated heterocycles. The molecule has 1 rings (SSSR count). The summed E-state index contributed by atoms with van der Waals surface area (Å²) in [4.78, 5) is 0. The van der Waals surface area contributed by atoms with E-state index in [1.807, 2.05) is 4.68 Å². The lowest BCUT2D eigenvalue weighted by Gasteiger charge is -2.14. The number of nitrogens with zero attached hydrogens (tertiary/aromatic N) is 2. The Morgan fingerprint density at radius 3 is 2.64 bits per heavy atom. The molecule has 0 aliphatic carbocycles. The van der Waals surface area contributed by atoms with Crippen molar-refractivity contribution < 1.29 is 0 Å². The van der Waals surface area contributed by atoms with Crippen molar-refractivity contribution in [1.82, 2.24) is 9.78 Å². The molecular weight excluding hydrogens is 198 g/mol. The highest BCUT2D eigenvalue weighted by Crippen LogP contribution is 2.21. The fourth-order valence-corrected chi connectivity index (χ4v) is 1.62. The Balaban J connectivity index is 2.88. The molecule has 0 amide bonds. The summed E-state index contributed by atoms with van der Waals surface area (Å²) in [6.45, 7) is 6.99. The Kier molecular flexibility index (Phi) is 3.96. The van der Waals surface area contributed by atoms with Gasteiger partial charge in [0.1, 0.15) is 0 Å². The van der Waals surface area contributed by atoms with Gasteiger partial charge in [-0.05, 0) is 32.7 Å². The minimum Gasteiger partial charge on any atom is -0.330 e. The highest BCUT2D eigenvalue weighted by atomic mass is 35.5. The molecule has 2 N–H and O–H groups in total. The van der Waals surface area contributed by atoms with Crippen LogP contribution in [0.3, 0.4) is 0 Å². The number of hydrogen-bond donors (Lipinski definition) is 1. The van der Waals surface area contributed by atoms with E-state index in [-0.39, 0.29) is 0 Å². The second kappa shape index (κ2) is 4.80. The molecule has 1 heterocycles. The van der Waals surface area contributed by atoms with Gasteiger partial charge in [0.25, 0.3) is 0 Å². The number of aromatic nitrogens is 2. The SMILES string of the molecule is CC(CN)Cc1c(Cl)cnn1C(C)C. The standard InChI is InChI=1S/C10H18ClN3/c1-7(2)14-10(4-8(3)5-12)9(11)6-13-14/h6-8H,4-5,12H2,1-3H3. The van der Waals surface area contributed by atoms with E-state index in [2.05, 4.69) is 25.9 Å². The van der Waals surface area contributed by atoms with E-state index in [1.54, 1.807) is 6.20 Å². The first kappa shape index (κ1) is 11.5. The maximum Gasteiger partial charge on any atom is 0.0818 e. The monoisotopic (exact) mass is 215 g/mol. The van der Waals surface area contributed by atoms with Crippen molar-refractivity contribution in [3.8, 4) is 0 Å². The Morgan fingerprint density at radius 2 is 2.14 bits per heavy atom. The van der Waals surface area contributed by atoms with Gasteiger partial charge in [-0.1, -0.05) is 18.5 Å². The molecule has 0 spiro atoms.